The Hall–Kier alpha value is -2.19. The first kappa shape index (κ1) is 15.9. The zero-order valence-corrected chi connectivity index (χ0v) is 11.7. The van der Waals surface area contributed by atoms with Gasteiger partial charge in [-0.15, -0.1) is 0 Å². The van der Waals surface area contributed by atoms with E-state index in [0.717, 1.165) is 10.4 Å². The molecule has 7 nitrogen and oxygen atoms in total. The molecule has 1 aromatic carbocycles. The Morgan fingerprint density at radius 1 is 1.15 bits per heavy atom. The molecule has 20 heavy (non-hydrogen) atoms. The van der Waals surface area contributed by atoms with Crippen molar-refractivity contribution >= 4 is 27.6 Å². The highest BCUT2D eigenvalue weighted by Crippen LogP contribution is 2.16. The highest BCUT2D eigenvalue weighted by atomic mass is 32.2. The molecule has 8 heteroatoms. The molecular formula is C12H14N2O5S. The van der Waals surface area contributed by atoms with Crippen molar-refractivity contribution in [2.75, 3.05) is 19.4 Å². The Morgan fingerprint density at radius 3 is 2.15 bits per heavy atom. The van der Waals surface area contributed by atoms with Gasteiger partial charge in [0, 0.05) is 31.9 Å². The molecular weight excluding hydrogens is 284 g/mol. The van der Waals surface area contributed by atoms with Crippen LogP contribution in [0.5, 0.6) is 0 Å². The minimum atomic E-state index is -3.51. The Morgan fingerprint density at radius 2 is 1.70 bits per heavy atom. The van der Waals surface area contributed by atoms with Gasteiger partial charge in [-0.1, -0.05) is 0 Å². The molecule has 2 N–H and O–H groups in total. The first-order valence-electron chi connectivity index (χ1n) is 5.48. The highest BCUT2D eigenvalue weighted by Gasteiger charge is 2.16. The van der Waals surface area contributed by atoms with Gasteiger partial charge in [-0.25, -0.2) is 17.5 Å². The largest absolute Gasteiger partial charge is 0.478 e. The number of sulfonamides is 1. The predicted molar refractivity (Wildman–Crippen MR) is 72.7 cm³/mol. The lowest BCUT2D eigenvalue weighted by molar-refractivity contribution is -0.131. The van der Waals surface area contributed by atoms with E-state index >= 15 is 0 Å². The summed E-state index contributed by atoms with van der Waals surface area (Å²) >= 11 is 0. The van der Waals surface area contributed by atoms with Crippen LogP contribution in [0.15, 0.2) is 41.3 Å². The van der Waals surface area contributed by atoms with Crippen molar-refractivity contribution in [3.05, 3.63) is 36.4 Å². The van der Waals surface area contributed by atoms with E-state index in [4.69, 9.17) is 5.11 Å². The van der Waals surface area contributed by atoms with E-state index in [1.54, 1.807) is 0 Å². The van der Waals surface area contributed by atoms with Gasteiger partial charge in [-0.2, -0.15) is 0 Å². The summed E-state index contributed by atoms with van der Waals surface area (Å²) in [6.45, 7) is 0. The SMILES string of the molecule is CN(C)S(=O)(=O)c1ccc(NC(=O)C=CC(=O)O)cc1. The zero-order chi connectivity index (χ0) is 15.3. The molecule has 0 unspecified atom stereocenters. The average molecular weight is 298 g/mol. The highest BCUT2D eigenvalue weighted by molar-refractivity contribution is 7.89. The van der Waals surface area contributed by atoms with Gasteiger partial charge in [0.1, 0.15) is 0 Å². The van der Waals surface area contributed by atoms with E-state index in [9.17, 15) is 18.0 Å². The van der Waals surface area contributed by atoms with Crippen LogP contribution < -0.4 is 5.32 Å². The van der Waals surface area contributed by atoms with Crippen molar-refractivity contribution in [1.29, 1.82) is 0 Å². The van der Waals surface area contributed by atoms with Gasteiger partial charge in [0.2, 0.25) is 15.9 Å². The van der Waals surface area contributed by atoms with Crippen molar-refractivity contribution in [3.8, 4) is 0 Å². The van der Waals surface area contributed by atoms with E-state index < -0.39 is 21.9 Å². The molecule has 1 amide bonds. The minimum absolute atomic E-state index is 0.0987. The summed E-state index contributed by atoms with van der Waals surface area (Å²) in [5, 5.41) is 10.8. The minimum Gasteiger partial charge on any atom is -0.478 e. The lowest BCUT2D eigenvalue weighted by atomic mass is 10.3. The number of aliphatic carboxylic acids is 1. The van der Waals surface area contributed by atoms with Crippen LogP contribution >= 0.6 is 0 Å². The molecule has 0 saturated heterocycles. The molecule has 0 aliphatic carbocycles. The number of carboxylic acid groups (broad SMARTS) is 1. The third kappa shape index (κ3) is 4.18. The van der Waals surface area contributed by atoms with Crippen molar-refractivity contribution in [2.24, 2.45) is 0 Å². The maximum atomic E-state index is 11.8. The molecule has 108 valence electrons. The predicted octanol–water partition coefficient (Wildman–Crippen LogP) is 0.516. The van der Waals surface area contributed by atoms with E-state index in [-0.39, 0.29) is 4.90 Å². The number of hydrogen-bond donors (Lipinski definition) is 2. The zero-order valence-electron chi connectivity index (χ0n) is 10.9. The smallest absolute Gasteiger partial charge is 0.328 e. The number of carbonyl (C=O) groups is 2. The fourth-order valence-corrected chi connectivity index (χ4v) is 2.15. The standard InChI is InChI=1S/C12H14N2O5S/c1-14(2)20(18,19)10-5-3-9(4-6-10)13-11(15)7-8-12(16)17/h3-8H,1-2H3,(H,13,15)(H,16,17). The fraction of sp³-hybridized carbons (Fsp3) is 0.167. The molecule has 0 spiro atoms. The fourth-order valence-electron chi connectivity index (χ4n) is 1.25. The molecule has 1 aromatic rings. The molecule has 0 atom stereocenters. The van der Waals surface area contributed by atoms with Crippen LogP contribution in [0.25, 0.3) is 0 Å². The molecule has 0 bridgehead atoms. The lowest BCUT2D eigenvalue weighted by Gasteiger charge is -2.11. The molecule has 0 aromatic heterocycles. The van der Waals surface area contributed by atoms with Crippen LogP contribution in [0.2, 0.25) is 0 Å². The third-order valence-electron chi connectivity index (χ3n) is 2.28. The number of carbonyl (C=O) groups excluding carboxylic acids is 1. The average Bonchev–Trinajstić information content (AvgIpc) is 2.37. The number of benzene rings is 1. The van der Waals surface area contributed by atoms with Gasteiger partial charge in [-0.05, 0) is 24.3 Å². The Labute approximate surface area is 116 Å². The molecule has 0 aliphatic rings. The molecule has 0 fully saturated rings. The number of carboxylic acids is 1. The van der Waals surface area contributed by atoms with Crippen molar-refractivity contribution in [2.45, 2.75) is 4.90 Å². The number of rotatable bonds is 5. The molecule has 0 heterocycles. The Bertz CT molecular complexity index is 632. The van der Waals surface area contributed by atoms with E-state index in [1.807, 2.05) is 0 Å². The summed E-state index contributed by atoms with van der Waals surface area (Å²) in [6.07, 6.45) is 1.58. The summed E-state index contributed by atoms with van der Waals surface area (Å²) in [4.78, 5) is 21.7. The van der Waals surface area contributed by atoms with E-state index in [2.05, 4.69) is 5.32 Å². The summed E-state index contributed by atoms with van der Waals surface area (Å²) in [7, 11) is -0.678. The summed E-state index contributed by atoms with van der Waals surface area (Å²) in [5.41, 5.74) is 0.364. The Balaban J connectivity index is 2.83. The monoisotopic (exact) mass is 298 g/mol. The van der Waals surface area contributed by atoms with Crippen LogP contribution in [0.3, 0.4) is 0 Å². The summed E-state index contributed by atoms with van der Waals surface area (Å²) in [5.74, 6) is -1.84. The normalized spacial score (nSPS) is 11.8. The maximum absolute atomic E-state index is 11.8. The van der Waals surface area contributed by atoms with E-state index in [1.165, 1.54) is 38.4 Å². The summed E-state index contributed by atoms with van der Waals surface area (Å²) in [6, 6.07) is 5.55. The topological polar surface area (TPSA) is 104 Å². The quantitative estimate of drug-likeness (QED) is 0.771. The van der Waals surface area contributed by atoms with Gasteiger partial charge < -0.3 is 10.4 Å². The van der Waals surface area contributed by atoms with Gasteiger partial charge in [0.15, 0.2) is 0 Å². The second-order valence-corrected chi connectivity index (χ2v) is 6.12. The van der Waals surface area contributed by atoms with Crippen molar-refractivity contribution in [3.63, 3.8) is 0 Å². The van der Waals surface area contributed by atoms with E-state index in [0.29, 0.717) is 11.8 Å². The van der Waals surface area contributed by atoms with Gasteiger partial charge in [-0.3, -0.25) is 4.79 Å². The molecule has 1 rings (SSSR count). The number of hydrogen-bond acceptors (Lipinski definition) is 4. The molecule has 0 aliphatic heterocycles. The van der Waals surface area contributed by atoms with Gasteiger partial charge in [0.25, 0.3) is 0 Å². The van der Waals surface area contributed by atoms with Crippen LogP contribution in [0.1, 0.15) is 0 Å². The van der Waals surface area contributed by atoms with Crippen LogP contribution in [0, 0.1) is 0 Å². The Kier molecular flexibility index (Phi) is 5.00. The first-order valence-corrected chi connectivity index (χ1v) is 6.92. The number of anilines is 1. The second-order valence-electron chi connectivity index (χ2n) is 3.97. The maximum Gasteiger partial charge on any atom is 0.328 e. The van der Waals surface area contributed by atoms with Gasteiger partial charge >= 0.3 is 5.97 Å². The first-order chi connectivity index (χ1) is 9.23. The molecule has 0 saturated carbocycles. The van der Waals surface area contributed by atoms with Crippen LogP contribution in [-0.2, 0) is 19.6 Å². The van der Waals surface area contributed by atoms with Crippen molar-refractivity contribution in [1.82, 2.24) is 4.31 Å². The third-order valence-corrected chi connectivity index (χ3v) is 4.11. The second kappa shape index (κ2) is 6.31. The summed E-state index contributed by atoms with van der Waals surface area (Å²) < 4.78 is 24.7. The van der Waals surface area contributed by atoms with Crippen LogP contribution in [-0.4, -0.2) is 43.8 Å². The number of amides is 1. The lowest BCUT2D eigenvalue weighted by Crippen LogP contribution is -2.22. The van der Waals surface area contributed by atoms with Gasteiger partial charge in [0.05, 0.1) is 4.90 Å². The number of nitrogens with zero attached hydrogens (tertiary/aromatic N) is 1. The van der Waals surface area contributed by atoms with Crippen LogP contribution in [0.4, 0.5) is 5.69 Å². The molecule has 0 radical (unpaired) electrons. The van der Waals surface area contributed by atoms with Crippen molar-refractivity contribution < 1.29 is 23.1 Å². The number of nitrogens with one attached hydrogen (secondary N) is 1.